The average Bonchev–Trinajstić information content (AvgIpc) is 2.62. The molecule has 1 aromatic carbocycles. The molecule has 1 heterocycles. The lowest BCUT2D eigenvalue weighted by molar-refractivity contribution is -0.140. The van der Waals surface area contributed by atoms with Crippen molar-refractivity contribution in [3.05, 3.63) is 24.3 Å². The Morgan fingerprint density at radius 1 is 1.21 bits per heavy atom. The maximum absolute atomic E-state index is 12.5. The third kappa shape index (κ3) is 4.69. The van der Waals surface area contributed by atoms with E-state index in [9.17, 15) is 9.59 Å². The van der Waals surface area contributed by atoms with E-state index in [1.165, 1.54) is 0 Å². The number of benzene rings is 1. The molecule has 2 rings (SSSR count). The fourth-order valence-electron chi connectivity index (χ4n) is 2.63. The molecule has 1 aromatic rings. The van der Waals surface area contributed by atoms with Crippen LogP contribution in [0.1, 0.15) is 19.8 Å². The maximum atomic E-state index is 12.5. The molecule has 0 bridgehead atoms. The van der Waals surface area contributed by atoms with E-state index in [4.69, 9.17) is 9.47 Å². The number of carbonyl (C=O) groups is 2. The van der Waals surface area contributed by atoms with Crippen molar-refractivity contribution in [3.8, 4) is 5.75 Å². The number of amides is 2. The number of anilines is 1. The average molecular weight is 335 g/mol. The summed E-state index contributed by atoms with van der Waals surface area (Å²) >= 11 is 0. The predicted octanol–water partition coefficient (Wildman–Crippen LogP) is 0.909. The monoisotopic (exact) mass is 335 g/mol. The number of ether oxygens (including phenoxy) is 2. The van der Waals surface area contributed by atoms with Crippen molar-refractivity contribution in [3.63, 3.8) is 0 Å². The fourth-order valence-corrected chi connectivity index (χ4v) is 2.63. The fraction of sp³-hybridized carbons (Fsp3) is 0.529. The van der Waals surface area contributed by atoms with Gasteiger partial charge in [0.15, 0.2) is 6.61 Å². The van der Waals surface area contributed by atoms with Gasteiger partial charge in [0.1, 0.15) is 11.4 Å². The number of likely N-dealkylation sites (N-methyl/N-ethyl adjacent to an activating group) is 1. The SMILES string of the molecule is CCNC(=O)COc1ccc(NC(=O)C2(OC)CCNCC2)cc1. The number of rotatable bonds is 7. The molecule has 132 valence electrons. The Balaban J connectivity index is 1.91. The van der Waals surface area contributed by atoms with Crippen LogP contribution >= 0.6 is 0 Å². The molecule has 0 atom stereocenters. The Morgan fingerprint density at radius 2 is 1.88 bits per heavy atom. The lowest BCUT2D eigenvalue weighted by atomic mass is 9.91. The molecule has 1 aliphatic heterocycles. The molecule has 0 aromatic heterocycles. The summed E-state index contributed by atoms with van der Waals surface area (Å²) in [5.74, 6) is 0.271. The number of methoxy groups -OCH3 is 1. The Kier molecular flexibility index (Phi) is 6.57. The van der Waals surface area contributed by atoms with Gasteiger partial charge < -0.3 is 25.4 Å². The van der Waals surface area contributed by atoms with E-state index in [2.05, 4.69) is 16.0 Å². The largest absolute Gasteiger partial charge is 0.484 e. The standard InChI is InChI=1S/C17H25N3O4/c1-3-19-15(21)12-24-14-6-4-13(5-7-14)20-16(22)17(23-2)8-10-18-11-9-17/h4-7,18H,3,8-12H2,1-2H3,(H,19,21)(H,20,22). The molecule has 1 aliphatic rings. The minimum atomic E-state index is -0.779. The Morgan fingerprint density at radius 3 is 2.46 bits per heavy atom. The van der Waals surface area contributed by atoms with Crippen LogP contribution in [0.4, 0.5) is 5.69 Å². The number of piperidine rings is 1. The number of hydrogen-bond acceptors (Lipinski definition) is 5. The highest BCUT2D eigenvalue weighted by molar-refractivity contribution is 5.97. The van der Waals surface area contributed by atoms with E-state index in [1.54, 1.807) is 31.4 Å². The normalized spacial score (nSPS) is 16.2. The van der Waals surface area contributed by atoms with Crippen LogP contribution < -0.4 is 20.7 Å². The summed E-state index contributed by atoms with van der Waals surface area (Å²) in [5.41, 5.74) is -0.112. The van der Waals surface area contributed by atoms with Gasteiger partial charge in [0.25, 0.3) is 11.8 Å². The summed E-state index contributed by atoms with van der Waals surface area (Å²) < 4.78 is 10.9. The van der Waals surface area contributed by atoms with Crippen molar-refractivity contribution in [2.45, 2.75) is 25.4 Å². The zero-order chi connectivity index (χ0) is 17.4. The van der Waals surface area contributed by atoms with Crippen molar-refractivity contribution in [2.75, 3.05) is 38.7 Å². The molecule has 0 radical (unpaired) electrons. The molecule has 7 heteroatoms. The Hall–Kier alpha value is -2.12. The molecule has 1 fully saturated rings. The molecule has 0 unspecified atom stereocenters. The Labute approximate surface area is 142 Å². The van der Waals surface area contributed by atoms with Gasteiger partial charge in [0.05, 0.1) is 0 Å². The second-order valence-corrected chi connectivity index (χ2v) is 5.67. The summed E-state index contributed by atoms with van der Waals surface area (Å²) in [6.07, 6.45) is 1.28. The molecule has 0 spiro atoms. The summed E-state index contributed by atoms with van der Waals surface area (Å²) in [4.78, 5) is 23.9. The van der Waals surface area contributed by atoms with Crippen LogP contribution in [0.15, 0.2) is 24.3 Å². The van der Waals surface area contributed by atoms with E-state index in [0.29, 0.717) is 30.8 Å². The maximum Gasteiger partial charge on any atom is 0.257 e. The number of carbonyl (C=O) groups excluding carboxylic acids is 2. The highest BCUT2D eigenvalue weighted by Crippen LogP contribution is 2.25. The zero-order valence-corrected chi connectivity index (χ0v) is 14.2. The van der Waals surface area contributed by atoms with Gasteiger partial charge >= 0.3 is 0 Å². The topological polar surface area (TPSA) is 88.7 Å². The molecule has 3 N–H and O–H groups in total. The van der Waals surface area contributed by atoms with E-state index < -0.39 is 5.60 Å². The van der Waals surface area contributed by atoms with Crippen molar-refractivity contribution in [1.29, 1.82) is 0 Å². The van der Waals surface area contributed by atoms with Crippen LogP contribution in [0, 0.1) is 0 Å². The second-order valence-electron chi connectivity index (χ2n) is 5.67. The summed E-state index contributed by atoms with van der Waals surface area (Å²) in [6, 6.07) is 6.93. The molecular weight excluding hydrogens is 310 g/mol. The zero-order valence-electron chi connectivity index (χ0n) is 14.2. The molecular formula is C17H25N3O4. The van der Waals surface area contributed by atoms with Gasteiger partial charge in [-0.05, 0) is 57.1 Å². The smallest absolute Gasteiger partial charge is 0.257 e. The number of nitrogens with one attached hydrogen (secondary N) is 3. The van der Waals surface area contributed by atoms with Crippen molar-refractivity contribution >= 4 is 17.5 Å². The molecule has 0 aliphatic carbocycles. The molecule has 1 saturated heterocycles. The third-order valence-electron chi connectivity index (χ3n) is 4.07. The minimum Gasteiger partial charge on any atom is -0.484 e. The lowest BCUT2D eigenvalue weighted by Gasteiger charge is -2.34. The Bertz CT molecular complexity index is 553. The van der Waals surface area contributed by atoms with E-state index in [1.807, 2.05) is 6.92 Å². The van der Waals surface area contributed by atoms with Crippen LogP contribution in [0.25, 0.3) is 0 Å². The molecule has 0 saturated carbocycles. The van der Waals surface area contributed by atoms with Gasteiger partial charge in [0, 0.05) is 19.3 Å². The van der Waals surface area contributed by atoms with Crippen LogP contribution in [0.5, 0.6) is 5.75 Å². The summed E-state index contributed by atoms with van der Waals surface area (Å²) in [7, 11) is 1.57. The first-order valence-corrected chi connectivity index (χ1v) is 8.16. The van der Waals surface area contributed by atoms with Gasteiger partial charge in [-0.2, -0.15) is 0 Å². The number of hydrogen-bond donors (Lipinski definition) is 3. The minimum absolute atomic E-state index is 0.0284. The van der Waals surface area contributed by atoms with Gasteiger partial charge in [-0.1, -0.05) is 0 Å². The van der Waals surface area contributed by atoms with Gasteiger partial charge in [-0.15, -0.1) is 0 Å². The van der Waals surface area contributed by atoms with E-state index in [0.717, 1.165) is 13.1 Å². The first-order chi connectivity index (χ1) is 11.6. The quantitative estimate of drug-likeness (QED) is 0.689. The first-order valence-electron chi connectivity index (χ1n) is 8.16. The molecule has 2 amide bonds. The van der Waals surface area contributed by atoms with E-state index >= 15 is 0 Å². The van der Waals surface area contributed by atoms with Crippen LogP contribution in [-0.4, -0.2) is 50.8 Å². The predicted molar refractivity (Wildman–Crippen MR) is 91.1 cm³/mol. The highest BCUT2D eigenvalue weighted by Gasteiger charge is 2.39. The highest BCUT2D eigenvalue weighted by atomic mass is 16.5. The van der Waals surface area contributed by atoms with Crippen LogP contribution in [0.2, 0.25) is 0 Å². The molecule has 7 nitrogen and oxygen atoms in total. The van der Waals surface area contributed by atoms with Gasteiger partial charge in [0.2, 0.25) is 0 Å². The van der Waals surface area contributed by atoms with E-state index in [-0.39, 0.29) is 18.4 Å². The van der Waals surface area contributed by atoms with Gasteiger partial charge in [-0.3, -0.25) is 9.59 Å². The van der Waals surface area contributed by atoms with Gasteiger partial charge in [-0.25, -0.2) is 0 Å². The summed E-state index contributed by atoms with van der Waals surface area (Å²) in [6.45, 7) is 3.91. The van der Waals surface area contributed by atoms with Crippen molar-refractivity contribution in [2.24, 2.45) is 0 Å². The van der Waals surface area contributed by atoms with Crippen LogP contribution in [0.3, 0.4) is 0 Å². The van der Waals surface area contributed by atoms with Crippen molar-refractivity contribution in [1.82, 2.24) is 10.6 Å². The second kappa shape index (κ2) is 8.65. The third-order valence-corrected chi connectivity index (χ3v) is 4.07. The first kappa shape index (κ1) is 18.2. The summed E-state index contributed by atoms with van der Waals surface area (Å²) in [5, 5.41) is 8.77. The van der Waals surface area contributed by atoms with Crippen LogP contribution in [-0.2, 0) is 14.3 Å². The molecule has 24 heavy (non-hydrogen) atoms. The van der Waals surface area contributed by atoms with Crippen molar-refractivity contribution < 1.29 is 19.1 Å². The lowest BCUT2D eigenvalue weighted by Crippen LogP contribution is -2.51.